The zero-order valence-electron chi connectivity index (χ0n) is 14.9. The maximum atomic E-state index is 12.6. The molecule has 4 heteroatoms. The smallest absolute Gasteiger partial charge is 0.246 e. The zero-order chi connectivity index (χ0) is 17.8. The number of amides is 1. The predicted molar refractivity (Wildman–Crippen MR) is 98.9 cm³/mol. The lowest BCUT2D eigenvalue weighted by atomic mass is 9.98. The van der Waals surface area contributed by atoms with Gasteiger partial charge in [0.25, 0.3) is 0 Å². The quantitative estimate of drug-likeness (QED) is 0.800. The summed E-state index contributed by atoms with van der Waals surface area (Å²) in [6.45, 7) is 3.34. The molecule has 0 fully saturated rings. The number of carbonyl (C=O) groups excluding carboxylic acids is 1. The standard InChI is InChI=1S/C21H23NO3/c1-15-6-4-5-7-16(15)8-9-21(23)22-11-10-17-12-19(24-2)20(25-3)13-18(17)14-22/h4-9,12-13H,10-11,14H2,1-3H3/b9-8+. The number of carbonyl (C=O) groups is 1. The topological polar surface area (TPSA) is 38.8 Å². The van der Waals surface area contributed by atoms with Gasteiger partial charge in [-0.15, -0.1) is 0 Å². The number of methoxy groups -OCH3 is 2. The van der Waals surface area contributed by atoms with Gasteiger partial charge in [0, 0.05) is 19.2 Å². The Bertz CT molecular complexity index is 811. The molecule has 1 heterocycles. The fraction of sp³-hybridized carbons (Fsp3) is 0.286. The van der Waals surface area contributed by atoms with E-state index < -0.39 is 0 Å². The molecular weight excluding hydrogens is 314 g/mol. The summed E-state index contributed by atoms with van der Waals surface area (Å²) in [7, 11) is 3.26. The number of benzene rings is 2. The monoisotopic (exact) mass is 337 g/mol. The van der Waals surface area contributed by atoms with Crippen molar-refractivity contribution >= 4 is 12.0 Å². The summed E-state index contributed by atoms with van der Waals surface area (Å²) >= 11 is 0. The molecule has 0 N–H and O–H groups in total. The van der Waals surface area contributed by atoms with Crippen LogP contribution in [0, 0.1) is 6.92 Å². The molecule has 0 saturated heterocycles. The van der Waals surface area contributed by atoms with Crippen LogP contribution in [0.15, 0.2) is 42.5 Å². The Balaban J connectivity index is 1.76. The molecule has 2 aromatic rings. The number of nitrogens with zero attached hydrogens (tertiary/aromatic N) is 1. The van der Waals surface area contributed by atoms with E-state index in [1.54, 1.807) is 20.3 Å². The van der Waals surface area contributed by atoms with Gasteiger partial charge >= 0.3 is 0 Å². The highest BCUT2D eigenvalue weighted by molar-refractivity contribution is 5.92. The Morgan fingerprint density at radius 3 is 2.44 bits per heavy atom. The average Bonchev–Trinajstić information content (AvgIpc) is 2.65. The molecule has 1 aliphatic heterocycles. The first kappa shape index (κ1) is 17.1. The van der Waals surface area contributed by atoms with E-state index in [0.717, 1.165) is 28.9 Å². The average molecular weight is 337 g/mol. The van der Waals surface area contributed by atoms with Gasteiger partial charge in [-0.1, -0.05) is 24.3 Å². The second-order valence-electron chi connectivity index (χ2n) is 6.18. The first-order valence-electron chi connectivity index (χ1n) is 8.38. The summed E-state index contributed by atoms with van der Waals surface area (Å²) < 4.78 is 10.7. The number of hydrogen-bond acceptors (Lipinski definition) is 3. The lowest BCUT2D eigenvalue weighted by Gasteiger charge is -2.28. The van der Waals surface area contributed by atoms with Gasteiger partial charge in [-0.2, -0.15) is 0 Å². The highest BCUT2D eigenvalue weighted by Gasteiger charge is 2.21. The van der Waals surface area contributed by atoms with Gasteiger partial charge in [-0.25, -0.2) is 0 Å². The van der Waals surface area contributed by atoms with Crippen molar-refractivity contribution in [2.24, 2.45) is 0 Å². The molecule has 0 radical (unpaired) electrons. The predicted octanol–water partition coefficient (Wildman–Crippen LogP) is 3.61. The minimum Gasteiger partial charge on any atom is -0.493 e. The number of ether oxygens (including phenoxy) is 2. The molecule has 0 aliphatic carbocycles. The molecule has 0 saturated carbocycles. The lowest BCUT2D eigenvalue weighted by Crippen LogP contribution is -2.34. The molecule has 0 aromatic heterocycles. The Kier molecular flexibility index (Phi) is 5.08. The third-order valence-electron chi connectivity index (χ3n) is 4.62. The van der Waals surface area contributed by atoms with E-state index in [9.17, 15) is 4.79 Å². The highest BCUT2D eigenvalue weighted by atomic mass is 16.5. The Morgan fingerprint density at radius 2 is 1.76 bits per heavy atom. The second kappa shape index (κ2) is 7.43. The molecule has 2 aromatic carbocycles. The van der Waals surface area contributed by atoms with Crippen LogP contribution in [-0.4, -0.2) is 31.6 Å². The Morgan fingerprint density at radius 1 is 1.08 bits per heavy atom. The van der Waals surface area contributed by atoms with Crippen molar-refractivity contribution < 1.29 is 14.3 Å². The van der Waals surface area contributed by atoms with Crippen LogP contribution in [0.5, 0.6) is 11.5 Å². The van der Waals surface area contributed by atoms with Crippen LogP contribution in [0.3, 0.4) is 0 Å². The fourth-order valence-electron chi connectivity index (χ4n) is 3.11. The first-order valence-corrected chi connectivity index (χ1v) is 8.38. The molecular formula is C21H23NO3. The molecule has 1 aliphatic rings. The van der Waals surface area contributed by atoms with E-state index in [-0.39, 0.29) is 5.91 Å². The van der Waals surface area contributed by atoms with Crippen molar-refractivity contribution in [2.45, 2.75) is 19.9 Å². The third kappa shape index (κ3) is 3.68. The maximum absolute atomic E-state index is 12.6. The van der Waals surface area contributed by atoms with Gasteiger partial charge in [0.15, 0.2) is 11.5 Å². The molecule has 130 valence electrons. The van der Waals surface area contributed by atoms with Gasteiger partial charge in [0.2, 0.25) is 5.91 Å². The van der Waals surface area contributed by atoms with Crippen LogP contribution in [0.1, 0.15) is 22.3 Å². The second-order valence-corrected chi connectivity index (χ2v) is 6.18. The van der Waals surface area contributed by atoms with Crippen molar-refractivity contribution in [3.05, 3.63) is 64.7 Å². The molecule has 0 bridgehead atoms. The number of fused-ring (bicyclic) bond motifs is 1. The maximum Gasteiger partial charge on any atom is 0.246 e. The van der Waals surface area contributed by atoms with E-state index >= 15 is 0 Å². The summed E-state index contributed by atoms with van der Waals surface area (Å²) in [5.41, 5.74) is 4.55. The normalized spacial score (nSPS) is 13.6. The molecule has 0 atom stereocenters. The number of rotatable bonds is 4. The summed E-state index contributed by atoms with van der Waals surface area (Å²) in [4.78, 5) is 14.4. The largest absolute Gasteiger partial charge is 0.493 e. The molecule has 25 heavy (non-hydrogen) atoms. The molecule has 1 amide bonds. The minimum atomic E-state index is 0.0312. The summed E-state index contributed by atoms with van der Waals surface area (Å²) in [6.07, 6.45) is 4.37. The van der Waals surface area contributed by atoms with Crippen molar-refractivity contribution in [1.82, 2.24) is 4.90 Å². The number of hydrogen-bond donors (Lipinski definition) is 0. The van der Waals surface area contributed by atoms with Crippen molar-refractivity contribution in [3.8, 4) is 11.5 Å². The lowest BCUT2D eigenvalue weighted by molar-refractivity contribution is -0.126. The van der Waals surface area contributed by atoms with Crippen molar-refractivity contribution in [1.29, 1.82) is 0 Å². The van der Waals surface area contributed by atoms with E-state index in [1.165, 1.54) is 5.56 Å². The van der Waals surface area contributed by atoms with Crippen LogP contribution in [0.4, 0.5) is 0 Å². The van der Waals surface area contributed by atoms with Gasteiger partial charge in [-0.3, -0.25) is 4.79 Å². The van der Waals surface area contributed by atoms with Crippen molar-refractivity contribution in [3.63, 3.8) is 0 Å². The SMILES string of the molecule is COc1cc2c(cc1OC)CN(C(=O)/C=C/c1ccccc1C)CC2. The van der Waals surface area contributed by atoms with Crippen LogP contribution in [0.2, 0.25) is 0 Å². The van der Waals surface area contributed by atoms with Gasteiger partial charge in [0.05, 0.1) is 14.2 Å². The van der Waals surface area contributed by atoms with E-state index in [4.69, 9.17) is 9.47 Å². The summed E-state index contributed by atoms with van der Waals surface area (Å²) in [5, 5.41) is 0. The molecule has 4 nitrogen and oxygen atoms in total. The fourth-order valence-corrected chi connectivity index (χ4v) is 3.11. The molecule has 0 unspecified atom stereocenters. The zero-order valence-corrected chi connectivity index (χ0v) is 14.9. The summed E-state index contributed by atoms with van der Waals surface area (Å²) in [5.74, 6) is 1.47. The van der Waals surface area contributed by atoms with Crippen molar-refractivity contribution in [2.75, 3.05) is 20.8 Å². The number of aryl methyl sites for hydroxylation is 1. The third-order valence-corrected chi connectivity index (χ3v) is 4.62. The highest BCUT2D eigenvalue weighted by Crippen LogP contribution is 2.33. The van der Waals surface area contributed by atoms with Gasteiger partial charge in [0.1, 0.15) is 0 Å². The van der Waals surface area contributed by atoms with E-state index in [2.05, 4.69) is 0 Å². The Labute approximate surface area is 148 Å². The summed E-state index contributed by atoms with van der Waals surface area (Å²) in [6, 6.07) is 12.0. The first-order chi connectivity index (χ1) is 12.1. The van der Waals surface area contributed by atoms with Crippen LogP contribution >= 0.6 is 0 Å². The van der Waals surface area contributed by atoms with Gasteiger partial charge in [-0.05, 0) is 53.8 Å². The van der Waals surface area contributed by atoms with Crippen LogP contribution in [-0.2, 0) is 17.8 Å². The minimum absolute atomic E-state index is 0.0312. The van der Waals surface area contributed by atoms with Gasteiger partial charge < -0.3 is 14.4 Å². The van der Waals surface area contributed by atoms with E-state index in [0.29, 0.717) is 18.8 Å². The molecule has 3 rings (SSSR count). The van der Waals surface area contributed by atoms with E-state index in [1.807, 2.05) is 54.3 Å². The van der Waals surface area contributed by atoms with Crippen LogP contribution in [0.25, 0.3) is 6.08 Å². The van der Waals surface area contributed by atoms with Crippen LogP contribution < -0.4 is 9.47 Å². The Hall–Kier alpha value is -2.75. The molecule has 0 spiro atoms.